The van der Waals surface area contributed by atoms with E-state index in [1.54, 1.807) is 12.1 Å². The molecule has 0 aromatic heterocycles. The van der Waals surface area contributed by atoms with Gasteiger partial charge < -0.3 is 4.74 Å². The van der Waals surface area contributed by atoms with Gasteiger partial charge in [-0.2, -0.15) is 0 Å². The van der Waals surface area contributed by atoms with Crippen molar-refractivity contribution >= 4 is 21.6 Å². The van der Waals surface area contributed by atoms with Crippen LogP contribution < -0.4 is 5.14 Å². The van der Waals surface area contributed by atoms with Crippen molar-refractivity contribution in [2.45, 2.75) is 42.8 Å². The summed E-state index contributed by atoms with van der Waals surface area (Å²) < 4.78 is 42.6. The third-order valence-corrected chi connectivity index (χ3v) is 7.45. The Kier molecular flexibility index (Phi) is 4.69. The molecule has 5 rings (SSSR count). The fraction of sp³-hybridized carbons (Fsp3) is 0.400. The number of piperidine rings is 1. The minimum Gasteiger partial charge on any atom is -0.336 e. The number of rotatable bonds is 4. The van der Waals surface area contributed by atoms with Gasteiger partial charge in [-0.3, -0.25) is 4.90 Å². The molecule has 2 aromatic carbocycles. The molecule has 2 bridgehead atoms. The Morgan fingerprint density at radius 3 is 2.34 bits per heavy atom. The number of hydrogen-bond acceptors (Lipinski definition) is 5. The topological polar surface area (TPSA) is 75.9 Å². The number of likely N-dealkylation sites (tertiary alicyclic amines) is 1. The molecule has 0 aliphatic carbocycles. The van der Waals surface area contributed by atoms with Crippen molar-refractivity contribution < 1.29 is 17.5 Å². The fourth-order valence-electron chi connectivity index (χ4n) is 4.63. The minimum absolute atomic E-state index is 0.0527. The standard InChI is InChI=1S/C20H21ClFN3O3S/c21-17-9-15-16(10-18(17)29(23,26)27)20-25(19(15)28-20)14-5-7-24(8-6-14)11-12-1-3-13(22)4-2-12/h1-4,9-10,14,19-20H,5-8,11H2,(H2,23,26,27). The lowest BCUT2D eigenvalue weighted by Crippen LogP contribution is -2.51. The predicted octanol–water partition coefficient (Wildman–Crippen LogP) is 3.13. The van der Waals surface area contributed by atoms with Gasteiger partial charge in [0.2, 0.25) is 10.0 Å². The van der Waals surface area contributed by atoms with Gasteiger partial charge in [-0.05, 0) is 55.8 Å². The Labute approximate surface area is 174 Å². The molecule has 29 heavy (non-hydrogen) atoms. The zero-order valence-corrected chi connectivity index (χ0v) is 17.2. The maximum atomic E-state index is 13.1. The van der Waals surface area contributed by atoms with Gasteiger partial charge in [-0.15, -0.1) is 0 Å². The van der Waals surface area contributed by atoms with Gasteiger partial charge in [0.05, 0.1) is 5.02 Å². The highest BCUT2D eigenvalue weighted by Gasteiger charge is 2.54. The van der Waals surface area contributed by atoms with Crippen molar-refractivity contribution in [3.8, 4) is 0 Å². The second-order valence-corrected chi connectivity index (χ2v) is 9.82. The number of primary sulfonamides is 1. The molecule has 6 nitrogen and oxygen atoms in total. The van der Waals surface area contributed by atoms with E-state index in [9.17, 15) is 12.8 Å². The first-order valence-electron chi connectivity index (χ1n) is 9.57. The molecule has 2 unspecified atom stereocenters. The number of benzene rings is 2. The average molecular weight is 438 g/mol. The van der Waals surface area contributed by atoms with E-state index in [-0.39, 0.29) is 28.2 Å². The summed E-state index contributed by atoms with van der Waals surface area (Å²) >= 11 is 6.15. The van der Waals surface area contributed by atoms with E-state index in [2.05, 4.69) is 9.80 Å². The molecule has 154 valence electrons. The van der Waals surface area contributed by atoms with E-state index in [0.717, 1.165) is 49.2 Å². The van der Waals surface area contributed by atoms with Gasteiger partial charge in [0.1, 0.15) is 23.2 Å². The van der Waals surface area contributed by atoms with Crippen LogP contribution in [0, 0.1) is 5.82 Å². The number of nitrogens with two attached hydrogens (primary N) is 1. The number of hydrogen-bond donors (Lipinski definition) is 1. The van der Waals surface area contributed by atoms with Crippen LogP contribution in [0.3, 0.4) is 0 Å². The first-order valence-corrected chi connectivity index (χ1v) is 11.5. The molecule has 2 N–H and O–H groups in total. The number of ether oxygens (including phenoxy) is 1. The quantitative estimate of drug-likeness (QED) is 0.795. The maximum Gasteiger partial charge on any atom is 0.239 e. The van der Waals surface area contributed by atoms with Crippen LogP contribution in [0.5, 0.6) is 0 Å². The first kappa shape index (κ1) is 19.4. The summed E-state index contributed by atoms with van der Waals surface area (Å²) in [6.07, 6.45) is 1.57. The lowest BCUT2D eigenvalue weighted by atomic mass is 10.0. The van der Waals surface area contributed by atoms with Crippen LogP contribution in [0.4, 0.5) is 4.39 Å². The zero-order chi connectivity index (χ0) is 20.3. The summed E-state index contributed by atoms with van der Waals surface area (Å²) in [7, 11) is -3.88. The van der Waals surface area contributed by atoms with E-state index in [1.165, 1.54) is 12.1 Å². The van der Waals surface area contributed by atoms with E-state index in [0.29, 0.717) is 6.04 Å². The summed E-state index contributed by atoms with van der Waals surface area (Å²) in [5, 5.41) is 5.42. The highest BCUT2D eigenvalue weighted by atomic mass is 35.5. The maximum absolute atomic E-state index is 13.1. The van der Waals surface area contributed by atoms with Crippen molar-refractivity contribution in [2.75, 3.05) is 13.1 Å². The van der Waals surface area contributed by atoms with E-state index < -0.39 is 10.0 Å². The third-order valence-electron chi connectivity index (χ3n) is 6.07. The van der Waals surface area contributed by atoms with Crippen LogP contribution in [-0.2, 0) is 21.3 Å². The molecule has 0 amide bonds. The largest absolute Gasteiger partial charge is 0.336 e. The summed E-state index contributed by atoms with van der Waals surface area (Å²) in [5.74, 6) is -0.217. The number of sulfonamides is 1. The lowest BCUT2D eigenvalue weighted by molar-refractivity contribution is -0.293. The van der Waals surface area contributed by atoms with Crippen LogP contribution in [0.15, 0.2) is 41.3 Å². The second kappa shape index (κ2) is 7.01. The molecule has 2 saturated heterocycles. The Morgan fingerprint density at radius 1 is 1.10 bits per heavy atom. The Bertz CT molecular complexity index is 1060. The Hall–Kier alpha value is -1.55. The average Bonchev–Trinajstić information content (AvgIpc) is 3.16. The molecule has 3 heterocycles. The summed E-state index contributed by atoms with van der Waals surface area (Å²) in [4.78, 5) is 4.63. The molecule has 0 radical (unpaired) electrons. The van der Waals surface area contributed by atoms with E-state index >= 15 is 0 Å². The van der Waals surface area contributed by atoms with Crippen LogP contribution >= 0.6 is 11.6 Å². The second-order valence-electron chi connectivity index (χ2n) is 7.88. The first-order chi connectivity index (χ1) is 13.8. The van der Waals surface area contributed by atoms with Gasteiger partial charge in [0.25, 0.3) is 0 Å². The van der Waals surface area contributed by atoms with Gasteiger partial charge in [0.15, 0.2) is 0 Å². The molecular weight excluding hydrogens is 417 g/mol. The normalized spacial score (nSPS) is 25.1. The van der Waals surface area contributed by atoms with E-state index in [1.807, 2.05) is 12.1 Å². The minimum atomic E-state index is -3.88. The lowest BCUT2D eigenvalue weighted by Gasteiger charge is -2.48. The van der Waals surface area contributed by atoms with Crippen LogP contribution in [-0.4, -0.2) is 37.3 Å². The molecule has 2 atom stereocenters. The van der Waals surface area contributed by atoms with Crippen molar-refractivity contribution in [3.63, 3.8) is 0 Å². The SMILES string of the molecule is NS(=O)(=O)c1cc2c(cc1Cl)C1OC2N1C1CCN(Cc2ccc(F)cc2)CC1. The molecule has 3 aliphatic rings. The van der Waals surface area contributed by atoms with Crippen molar-refractivity contribution in [2.24, 2.45) is 5.14 Å². The molecule has 2 aromatic rings. The third kappa shape index (κ3) is 3.37. The van der Waals surface area contributed by atoms with Gasteiger partial charge in [-0.25, -0.2) is 22.8 Å². The highest BCUT2D eigenvalue weighted by Crippen LogP contribution is 2.57. The number of nitrogens with zero attached hydrogens (tertiary/aromatic N) is 2. The Balaban J connectivity index is 1.26. The molecule has 9 heteroatoms. The Morgan fingerprint density at radius 2 is 1.72 bits per heavy atom. The molecule has 0 spiro atoms. The van der Waals surface area contributed by atoms with Crippen LogP contribution in [0.2, 0.25) is 5.02 Å². The monoisotopic (exact) mass is 437 g/mol. The summed E-state index contributed by atoms with van der Waals surface area (Å²) in [5.41, 5.74) is 2.88. The zero-order valence-electron chi connectivity index (χ0n) is 15.6. The fourth-order valence-corrected chi connectivity index (χ4v) is 5.75. The molecule has 2 fully saturated rings. The predicted molar refractivity (Wildman–Crippen MR) is 106 cm³/mol. The summed E-state index contributed by atoms with van der Waals surface area (Å²) in [6, 6.07) is 10.2. The van der Waals surface area contributed by atoms with Gasteiger partial charge in [-0.1, -0.05) is 23.7 Å². The van der Waals surface area contributed by atoms with E-state index in [4.69, 9.17) is 21.5 Å². The van der Waals surface area contributed by atoms with Crippen LogP contribution in [0.1, 0.15) is 42.0 Å². The van der Waals surface area contributed by atoms with Crippen LogP contribution in [0.25, 0.3) is 0 Å². The number of fused-ring (bicyclic) bond motifs is 5. The molecule has 0 saturated carbocycles. The number of halogens is 2. The van der Waals surface area contributed by atoms with Crippen molar-refractivity contribution in [3.05, 3.63) is 63.9 Å². The summed E-state index contributed by atoms with van der Waals surface area (Å²) in [6.45, 7) is 2.69. The van der Waals surface area contributed by atoms with Gasteiger partial charge >= 0.3 is 0 Å². The van der Waals surface area contributed by atoms with Gasteiger partial charge in [0, 0.05) is 23.7 Å². The van der Waals surface area contributed by atoms with Crippen molar-refractivity contribution in [1.82, 2.24) is 9.80 Å². The molecular formula is C20H21ClFN3O3S. The highest BCUT2D eigenvalue weighted by molar-refractivity contribution is 7.89. The van der Waals surface area contributed by atoms with Crippen molar-refractivity contribution in [1.29, 1.82) is 0 Å². The molecule has 3 aliphatic heterocycles. The smallest absolute Gasteiger partial charge is 0.239 e.